The van der Waals surface area contributed by atoms with Crippen LogP contribution in [-0.4, -0.2) is 86.2 Å². The highest BCUT2D eigenvalue weighted by Crippen LogP contribution is 2.17. The summed E-state index contributed by atoms with van der Waals surface area (Å²) in [5.74, 6) is 1.59. The SMILES string of the molecule is CCNC(=NCC(C(C)C)N1CCOCC1)NCCC(=O)N1CCCCC1C.I. The van der Waals surface area contributed by atoms with Gasteiger partial charge in [0.05, 0.1) is 19.8 Å². The number of nitrogens with one attached hydrogen (secondary N) is 2. The van der Waals surface area contributed by atoms with Gasteiger partial charge in [-0.25, -0.2) is 0 Å². The van der Waals surface area contributed by atoms with Crippen LogP contribution in [0.15, 0.2) is 4.99 Å². The van der Waals surface area contributed by atoms with Gasteiger partial charge in [0.1, 0.15) is 0 Å². The Balaban J connectivity index is 0.00000420. The minimum absolute atomic E-state index is 0. The van der Waals surface area contributed by atoms with Crippen molar-refractivity contribution in [1.29, 1.82) is 0 Å². The number of halogens is 1. The van der Waals surface area contributed by atoms with Crippen molar-refractivity contribution in [2.45, 2.75) is 65.5 Å². The molecular formula is C21H42IN5O2. The number of morpholine rings is 1. The third-order valence-electron chi connectivity index (χ3n) is 5.82. The Bertz CT molecular complexity index is 497. The van der Waals surface area contributed by atoms with Crippen LogP contribution in [0.4, 0.5) is 0 Å². The molecule has 2 rings (SSSR count). The molecule has 8 heteroatoms. The summed E-state index contributed by atoms with van der Waals surface area (Å²) in [6.07, 6.45) is 4.01. The maximum atomic E-state index is 12.5. The van der Waals surface area contributed by atoms with Crippen LogP contribution in [-0.2, 0) is 9.53 Å². The number of hydrogen-bond donors (Lipinski definition) is 2. The number of carbonyl (C=O) groups excluding carboxylic acids is 1. The third-order valence-corrected chi connectivity index (χ3v) is 5.82. The topological polar surface area (TPSA) is 69.2 Å². The first kappa shape index (κ1) is 26.4. The summed E-state index contributed by atoms with van der Waals surface area (Å²) in [6, 6.07) is 0.790. The van der Waals surface area contributed by atoms with E-state index in [2.05, 4.69) is 43.2 Å². The summed E-state index contributed by atoms with van der Waals surface area (Å²) < 4.78 is 5.49. The standard InChI is InChI=1S/C21H41N5O2.HI/c1-5-22-21(23-10-9-20(27)26-11-7-6-8-18(26)4)24-16-19(17(2)3)25-12-14-28-15-13-25;/h17-19H,5-16H2,1-4H3,(H2,22,23,24);1H. The zero-order valence-electron chi connectivity index (χ0n) is 18.8. The summed E-state index contributed by atoms with van der Waals surface area (Å²) in [7, 11) is 0. The Morgan fingerprint density at radius 2 is 1.90 bits per heavy atom. The van der Waals surface area contributed by atoms with Gasteiger partial charge in [0.15, 0.2) is 5.96 Å². The zero-order valence-corrected chi connectivity index (χ0v) is 21.1. The van der Waals surface area contributed by atoms with Gasteiger partial charge in [-0.3, -0.25) is 14.7 Å². The molecule has 0 aromatic heterocycles. The smallest absolute Gasteiger partial charge is 0.224 e. The minimum atomic E-state index is 0. The molecule has 0 aromatic rings. The molecule has 0 saturated carbocycles. The van der Waals surface area contributed by atoms with Gasteiger partial charge in [-0.1, -0.05) is 13.8 Å². The molecule has 2 aliphatic heterocycles. The van der Waals surface area contributed by atoms with E-state index in [0.717, 1.165) is 64.7 Å². The third kappa shape index (κ3) is 8.96. The van der Waals surface area contributed by atoms with Crippen LogP contribution < -0.4 is 10.6 Å². The average Bonchev–Trinajstić information content (AvgIpc) is 2.69. The molecular weight excluding hydrogens is 481 g/mol. The highest BCUT2D eigenvalue weighted by atomic mass is 127. The van der Waals surface area contributed by atoms with E-state index in [0.29, 0.717) is 31.0 Å². The number of hydrogen-bond acceptors (Lipinski definition) is 4. The Hall–Kier alpha value is -0.610. The van der Waals surface area contributed by atoms with Crippen molar-refractivity contribution < 1.29 is 9.53 Å². The van der Waals surface area contributed by atoms with E-state index < -0.39 is 0 Å². The predicted molar refractivity (Wildman–Crippen MR) is 130 cm³/mol. The maximum absolute atomic E-state index is 12.5. The lowest BCUT2D eigenvalue weighted by molar-refractivity contribution is -0.134. The highest BCUT2D eigenvalue weighted by molar-refractivity contribution is 14.0. The Labute approximate surface area is 194 Å². The predicted octanol–water partition coefficient (Wildman–Crippen LogP) is 2.31. The van der Waals surface area contributed by atoms with E-state index in [-0.39, 0.29) is 29.9 Å². The molecule has 0 spiro atoms. The van der Waals surface area contributed by atoms with Crippen LogP contribution >= 0.6 is 24.0 Å². The first-order chi connectivity index (χ1) is 13.5. The zero-order chi connectivity index (χ0) is 20.4. The lowest BCUT2D eigenvalue weighted by Crippen LogP contribution is -2.48. The fourth-order valence-corrected chi connectivity index (χ4v) is 4.08. The molecule has 0 aromatic carbocycles. The normalized spacial score (nSPS) is 22.2. The van der Waals surface area contributed by atoms with Gasteiger partial charge in [-0.05, 0) is 39.0 Å². The number of nitrogens with zero attached hydrogens (tertiary/aromatic N) is 3. The van der Waals surface area contributed by atoms with E-state index in [1.165, 1.54) is 6.42 Å². The van der Waals surface area contributed by atoms with Gasteiger partial charge in [0.25, 0.3) is 0 Å². The molecule has 2 aliphatic rings. The van der Waals surface area contributed by atoms with Crippen molar-refractivity contribution in [2.75, 3.05) is 52.5 Å². The van der Waals surface area contributed by atoms with Gasteiger partial charge in [-0.2, -0.15) is 0 Å². The number of guanidine groups is 1. The monoisotopic (exact) mass is 523 g/mol. The van der Waals surface area contributed by atoms with Crippen LogP contribution in [0.2, 0.25) is 0 Å². The Morgan fingerprint density at radius 1 is 1.17 bits per heavy atom. The first-order valence-electron chi connectivity index (χ1n) is 11.2. The van der Waals surface area contributed by atoms with Crippen LogP contribution in [0.3, 0.4) is 0 Å². The van der Waals surface area contributed by atoms with Gasteiger partial charge < -0.3 is 20.3 Å². The van der Waals surface area contributed by atoms with Gasteiger partial charge in [0, 0.05) is 51.2 Å². The van der Waals surface area contributed by atoms with Gasteiger partial charge >= 0.3 is 0 Å². The summed E-state index contributed by atoms with van der Waals surface area (Å²) >= 11 is 0. The molecule has 29 heavy (non-hydrogen) atoms. The molecule has 2 unspecified atom stereocenters. The summed E-state index contributed by atoms with van der Waals surface area (Å²) in [6.45, 7) is 15.4. The molecule has 0 bridgehead atoms. The molecule has 7 nitrogen and oxygen atoms in total. The van der Waals surface area contributed by atoms with Gasteiger partial charge in [-0.15, -0.1) is 24.0 Å². The molecule has 170 valence electrons. The first-order valence-corrected chi connectivity index (χ1v) is 11.2. The molecule has 2 fully saturated rings. The quantitative estimate of drug-likeness (QED) is 0.291. The van der Waals surface area contributed by atoms with Crippen LogP contribution in [0.5, 0.6) is 0 Å². The van der Waals surface area contributed by atoms with Crippen LogP contribution in [0, 0.1) is 5.92 Å². The van der Waals surface area contributed by atoms with E-state index in [4.69, 9.17) is 9.73 Å². The maximum Gasteiger partial charge on any atom is 0.224 e. The number of carbonyl (C=O) groups is 1. The second-order valence-corrected chi connectivity index (χ2v) is 8.29. The Kier molecular flexibility index (Phi) is 13.1. The van der Waals surface area contributed by atoms with Crippen LogP contribution in [0.1, 0.15) is 53.4 Å². The molecule has 2 N–H and O–H groups in total. The second kappa shape index (κ2) is 14.4. The number of ether oxygens (including phenoxy) is 1. The number of aliphatic imine (C=N–C) groups is 1. The second-order valence-electron chi connectivity index (χ2n) is 8.29. The van der Waals surface area contributed by atoms with Crippen molar-refractivity contribution >= 4 is 35.8 Å². The molecule has 1 amide bonds. The fraction of sp³-hybridized carbons (Fsp3) is 0.905. The summed E-state index contributed by atoms with van der Waals surface area (Å²) in [4.78, 5) is 21.9. The molecule has 2 atom stereocenters. The summed E-state index contributed by atoms with van der Waals surface area (Å²) in [5, 5.41) is 6.66. The minimum Gasteiger partial charge on any atom is -0.379 e. The van der Waals surface area contributed by atoms with E-state index in [1.807, 2.05) is 4.90 Å². The van der Waals surface area contributed by atoms with Crippen molar-refractivity contribution in [2.24, 2.45) is 10.9 Å². The molecule has 2 heterocycles. The lowest BCUT2D eigenvalue weighted by atomic mass is 10.0. The molecule has 0 aliphatic carbocycles. The molecule has 0 radical (unpaired) electrons. The Morgan fingerprint density at radius 3 is 2.52 bits per heavy atom. The van der Waals surface area contributed by atoms with E-state index in [9.17, 15) is 4.79 Å². The average molecular weight is 524 g/mol. The van der Waals surface area contributed by atoms with Crippen LogP contribution in [0.25, 0.3) is 0 Å². The van der Waals surface area contributed by atoms with E-state index in [1.54, 1.807) is 0 Å². The van der Waals surface area contributed by atoms with Crippen molar-refractivity contribution in [3.63, 3.8) is 0 Å². The van der Waals surface area contributed by atoms with Crippen molar-refractivity contribution in [1.82, 2.24) is 20.4 Å². The van der Waals surface area contributed by atoms with Crippen molar-refractivity contribution in [3.05, 3.63) is 0 Å². The number of piperidine rings is 1. The van der Waals surface area contributed by atoms with Gasteiger partial charge in [0.2, 0.25) is 5.91 Å². The summed E-state index contributed by atoms with van der Waals surface area (Å²) in [5.41, 5.74) is 0. The number of likely N-dealkylation sites (tertiary alicyclic amines) is 1. The molecule has 2 saturated heterocycles. The van der Waals surface area contributed by atoms with Crippen molar-refractivity contribution in [3.8, 4) is 0 Å². The lowest BCUT2D eigenvalue weighted by Gasteiger charge is -2.36. The van der Waals surface area contributed by atoms with E-state index >= 15 is 0 Å². The highest BCUT2D eigenvalue weighted by Gasteiger charge is 2.24. The largest absolute Gasteiger partial charge is 0.379 e. The number of rotatable bonds is 8. The number of amides is 1. The fourth-order valence-electron chi connectivity index (χ4n) is 4.08.